The molecule has 0 saturated carbocycles. The van der Waals surface area contributed by atoms with Crippen molar-refractivity contribution in [1.82, 2.24) is 0 Å². The molecule has 0 aliphatic carbocycles. The van der Waals surface area contributed by atoms with E-state index in [0.29, 0.717) is 0 Å². The minimum Gasteiger partial charge on any atom is -0.467 e. The van der Waals surface area contributed by atoms with Crippen LogP contribution in [-0.2, 0) is 42.9 Å². The Morgan fingerprint density at radius 2 is 1.48 bits per heavy atom. The second-order valence-electron chi connectivity index (χ2n) is 4.90. The first-order valence-electron chi connectivity index (χ1n) is 7.00. The van der Waals surface area contributed by atoms with E-state index < -0.39 is 54.5 Å². The lowest BCUT2D eigenvalue weighted by Crippen LogP contribution is -2.62. The van der Waals surface area contributed by atoms with Gasteiger partial charge in [0.05, 0.1) is 7.11 Å². The average molecular weight is 359 g/mol. The van der Waals surface area contributed by atoms with Gasteiger partial charge in [0, 0.05) is 25.7 Å². The molecule has 0 aromatic rings. The maximum atomic E-state index is 12.0. The topological polar surface area (TPSA) is 163 Å². The minimum absolute atomic E-state index is 0.806. The van der Waals surface area contributed by atoms with Gasteiger partial charge in [0.15, 0.2) is 18.3 Å². The summed E-state index contributed by atoms with van der Waals surface area (Å²) in [7, 11) is 1.05. The summed E-state index contributed by atoms with van der Waals surface area (Å²) in [6.07, 6.45) is -6.06. The van der Waals surface area contributed by atoms with Crippen LogP contribution in [0, 0.1) is 0 Å². The molecule has 0 bridgehead atoms. The molecule has 0 spiro atoms. The van der Waals surface area contributed by atoms with Crippen molar-refractivity contribution in [3.63, 3.8) is 0 Å². The number of nitrogens with zero attached hydrogens (tertiary/aromatic N) is 3. The van der Waals surface area contributed by atoms with Crippen LogP contribution in [0.4, 0.5) is 0 Å². The molecule has 0 radical (unpaired) electrons. The predicted molar refractivity (Wildman–Crippen MR) is 76.5 cm³/mol. The van der Waals surface area contributed by atoms with Crippen LogP contribution >= 0.6 is 0 Å². The number of carbonyl (C=O) groups excluding carboxylic acids is 4. The molecule has 25 heavy (non-hydrogen) atoms. The fraction of sp³-hybridized carbons (Fsp3) is 0.692. The Morgan fingerprint density at radius 1 is 0.960 bits per heavy atom. The van der Waals surface area contributed by atoms with Crippen molar-refractivity contribution < 1.29 is 42.9 Å². The number of carbonyl (C=O) groups is 4. The fourth-order valence-corrected chi connectivity index (χ4v) is 2.22. The van der Waals surface area contributed by atoms with Gasteiger partial charge in [0.1, 0.15) is 6.04 Å². The van der Waals surface area contributed by atoms with Gasteiger partial charge in [0.2, 0.25) is 6.29 Å². The van der Waals surface area contributed by atoms with E-state index in [1.54, 1.807) is 0 Å². The van der Waals surface area contributed by atoms with Crippen molar-refractivity contribution in [2.75, 3.05) is 7.11 Å². The van der Waals surface area contributed by atoms with Crippen LogP contribution in [0.2, 0.25) is 0 Å². The van der Waals surface area contributed by atoms with Gasteiger partial charge in [-0.25, -0.2) is 4.79 Å². The first-order chi connectivity index (χ1) is 11.7. The van der Waals surface area contributed by atoms with Gasteiger partial charge < -0.3 is 23.7 Å². The van der Waals surface area contributed by atoms with Gasteiger partial charge in [0.25, 0.3) is 0 Å². The molecule has 1 heterocycles. The smallest absolute Gasteiger partial charge is 0.339 e. The second-order valence-corrected chi connectivity index (χ2v) is 4.90. The van der Waals surface area contributed by atoms with Crippen molar-refractivity contribution in [2.45, 2.75) is 51.4 Å². The van der Waals surface area contributed by atoms with Crippen LogP contribution in [0.1, 0.15) is 20.8 Å². The van der Waals surface area contributed by atoms with Crippen LogP contribution in [0.5, 0.6) is 0 Å². The lowest BCUT2D eigenvalue weighted by molar-refractivity contribution is -0.261. The Hall–Kier alpha value is -2.85. The van der Waals surface area contributed by atoms with Crippen molar-refractivity contribution >= 4 is 23.9 Å². The van der Waals surface area contributed by atoms with Gasteiger partial charge in [-0.05, 0) is 5.53 Å². The largest absolute Gasteiger partial charge is 0.467 e. The Bertz CT molecular complexity index is 602. The summed E-state index contributed by atoms with van der Waals surface area (Å²) in [4.78, 5) is 48.6. The highest BCUT2D eigenvalue weighted by atomic mass is 16.7. The van der Waals surface area contributed by atoms with Crippen LogP contribution < -0.4 is 0 Å². The molecule has 1 fully saturated rings. The zero-order valence-corrected chi connectivity index (χ0v) is 13.9. The summed E-state index contributed by atoms with van der Waals surface area (Å²) in [6, 6.07) is -1.40. The molecule has 0 aromatic carbocycles. The third-order valence-corrected chi connectivity index (χ3v) is 3.02. The highest BCUT2D eigenvalue weighted by Crippen LogP contribution is 2.30. The first kappa shape index (κ1) is 20.2. The van der Waals surface area contributed by atoms with E-state index in [-0.39, 0.29) is 0 Å². The van der Waals surface area contributed by atoms with E-state index in [4.69, 9.17) is 24.5 Å². The Balaban J connectivity index is 3.37. The number of hydrogen-bond acceptors (Lipinski definition) is 10. The molecule has 12 nitrogen and oxygen atoms in total. The molecule has 1 aliphatic rings. The number of azide groups is 1. The first-order valence-corrected chi connectivity index (χ1v) is 7.00. The number of methoxy groups -OCH3 is 1. The normalized spacial score (nSPS) is 28.1. The SMILES string of the molecule is COC(=O)C1OC(OC(C)=O)C(N=[N+]=[N-])C(OC(C)=O)C1OC(C)=O. The van der Waals surface area contributed by atoms with Crippen molar-refractivity contribution in [1.29, 1.82) is 0 Å². The third kappa shape index (κ3) is 5.33. The monoisotopic (exact) mass is 359 g/mol. The zero-order chi connectivity index (χ0) is 19.1. The van der Waals surface area contributed by atoms with Gasteiger partial charge in [-0.2, -0.15) is 0 Å². The fourth-order valence-electron chi connectivity index (χ4n) is 2.22. The molecular weight excluding hydrogens is 342 g/mol. The van der Waals surface area contributed by atoms with Crippen LogP contribution in [0.15, 0.2) is 5.11 Å². The lowest BCUT2D eigenvalue weighted by Gasteiger charge is -2.41. The molecule has 12 heteroatoms. The van der Waals surface area contributed by atoms with E-state index in [1.807, 2.05) is 0 Å². The number of rotatable bonds is 5. The number of hydrogen-bond donors (Lipinski definition) is 0. The lowest BCUT2D eigenvalue weighted by atomic mass is 9.96. The van der Waals surface area contributed by atoms with E-state index >= 15 is 0 Å². The molecule has 0 amide bonds. The van der Waals surface area contributed by atoms with Gasteiger partial charge in [-0.1, -0.05) is 5.11 Å². The minimum atomic E-state index is -1.58. The molecule has 0 aromatic heterocycles. The van der Waals surface area contributed by atoms with Crippen molar-refractivity contribution in [3.8, 4) is 0 Å². The van der Waals surface area contributed by atoms with Crippen LogP contribution in [0.3, 0.4) is 0 Å². The Labute approximate surface area is 141 Å². The Kier molecular flexibility index (Phi) is 7.15. The standard InChI is InChI=1S/C13H17N3O9/c1-5(17)22-9-8(15-16-14)13(24-7(3)19)25-11(12(20)21-4)10(9)23-6(2)18/h8-11,13H,1-4H3. The summed E-state index contributed by atoms with van der Waals surface area (Å²) >= 11 is 0. The maximum Gasteiger partial charge on any atom is 0.339 e. The van der Waals surface area contributed by atoms with E-state index in [0.717, 1.165) is 27.9 Å². The van der Waals surface area contributed by atoms with Crippen LogP contribution in [0.25, 0.3) is 10.4 Å². The molecule has 1 rings (SSSR count). The predicted octanol–water partition coefficient (Wildman–Crippen LogP) is -0.0103. The van der Waals surface area contributed by atoms with Crippen molar-refractivity contribution in [2.24, 2.45) is 5.11 Å². The highest BCUT2D eigenvalue weighted by Gasteiger charge is 2.54. The number of ether oxygens (including phenoxy) is 5. The van der Waals surface area contributed by atoms with Gasteiger partial charge >= 0.3 is 23.9 Å². The molecule has 5 unspecified atom stereocenters. The molecule has 0 N–H and O–H groups in total. The van der Waals surface area contributed by atoms with E-state index in [9.17, 15) is 19.2 Å². The van der Waals surface area contributed by atoms with E-state index in [2.05, 4.69) is 14.8 Å². The second kappa shape index (κ2) is 8.85. The Morgan fingerprint density at radius 3 is 1.92 bits per heavy atom. The maximum absolute atomic E-state index is 12.0. The highest BCUT2D eigenvalue weighted by molar-refractivity contribution is 5.77. The molecule has 1 aliphatic heterocycles. The number of esters is 4. The summed E-state index contributed by atoms with van der Waals surface area (Å²) in [5, 5.41) is 3.39. The summed E-state index contributed by atoms with van der Waals surface area (Å²) in [6.45, 7) is 3.17. The van der Waals surface area contributed by atoms with E-state index in [1.165, 1.54) is 0 Å². The summed E-state index contributed by atoms with van der Waals surface area (Å²) in [5.74, 6) is -3.41. The third-order valence-electron chi connectivity index (χ3n) is 3.02. The summed E-state index contributed by atoms with van der Waals surface area (Å²) in [5.41, 5.74) is 8.73. The quantitative estimate of drug-likeness (QED) is 0.216. The summed E-state index contributed by atoms with van der Waals surface area (Å²) < 4.78 is 24.8. The molecular formula is C13H17N3O9. The van der Waals surface area contributed by atoms with Gasteiger partial charge in [-0.15, -0.1) is 0 Å². The van der Waals surface area contributed by atoms with Gasteiger partial charge in [-0.3, -0.25) is 14.4 Å². The van der Waals surface area contributed by atoms with Crippen molar-refractivity contribution in [3.05, 3.63) is 10.4 Å². The van der Waals surface area contributed by atoms with Crippen LogP contribution in [-0.4, -0.2) is 61.6 Å². The molecule has 1 saturated heterocycles. The average Bonchev–Trinajstić information content (AvgIpc) is 2.50. The molecule has 5 atom stereocenters. The molecule has 138 valence electrons. The zero-order valence-electron chi connectivity index (χ0n) is 13.9.